The molecule has 1 aromatic carbocycles. The quantitative estimate of drug-likeness (QED) is 0.510. The molecule has 3 N–H and O–H groups in total. The smallest absolute Gasteiger partial charge is 0.342 e. The Morgan fingerprint density at radius 3 is 2.53 bits per heavy atom. The number of aromatic hydroxyl groups is 1. The average Bonchev–Trinajstić information content (AvgIpc) is 3.07. The number of para-hydroxylation sites is 1. The molecule has 0 heterocycles. The Labute approximate surface area is 219 Å². The molecule has 0 bridgehead atoms. The third-order valence-corrected chi connectivity index (χ3v) is 10.1. The van der Waals surface area contributed by atoms with Crippen LogP contribution >= 0.6 is 0 Å². The number of phenolic OH excluding ortho intramolecular Hbond substituents is 1. The molecule has 0 aromatic heterocycles. The second-order valence-corrected chi connectivity index (χ2v) is 11.8. The van der Waals surface area contributed by atoms with E-state index in [1.54, 1.807) is 13.8 Å². The summed E-state index contributed by atoms with van der Waals surface area (Å²) < 4.78 is 37.9. The molecule has 4 aliphatic rings. The van der Waals surface area contributed by atoms with E-state index in [-0.39, 0.29) is 36.1 Å². The molecule has 3 fully saturated rings. The highest BCUT2D eigenvalue weighted by molar-refractivity contribution is 6.01. The monoisotopic (exact) mass is 530 g/mol. The number of hydrogen-bond acceptors (Lipinski definition) is 7. The molecule has 0 aliphatic heterocycles. The summed E-state index contributed by atoms with van der Waals surface area (Å²) >= 11 is 0. The van der Waals surface area contributed by atoms with Gasteiger partial charge in [-0.2, -0.15) is 0 Å². The van der Waals surface area contributed by atoms with Crippen LogP contribution in [0.2, 0.25) is 0 Å². The summed E-state index contributed by atoms with van der Waals surface area (Å²) in [5.74, 6) is -4.93. The van der Waals surface area contributed by atoms with Crippen molar-refractivity contribution in [2.75, 3.05) is 6.61 Å². The SMILES string of the molecule is CC1CC2C3CC(F)C4=CC(=O)C=C[C@]4(C)[C@@]3(F)C(O)C[C@]2(C)[C@@]1(O)C(=O)COC(=O)c1ccccc1O. The molecule has 38 heavy (non-hydrogen) atoms. The fourth-order valence-corrected chi connectivity index (χ4v) is 8.10. The first-order valence-electron chi connectivity index (χ1n) is 12.9. The van der Waals surface area contributed by atoms with Crippen LogP contribution in [-0.2, 0) is 14.3 Å². The normalized spacial score (nSPS) is 43.5. The fraction of sp³-hybridized carbons (Fsp3) is 0.552. The maximum atomic E-state index is 17.2. The standard InChI is InChI=1S/C29H32F2O7/c1-15-10-18-19-12-21(30)20-11-16(32)8-9-26(20,2)28(19,31)23(34)13-27(18,3)29(15,37)24(35)14-38-25(36)17-6-4-5-7-22(17)33/h4-9,11,15,18-19,21,23,33-34,37H,10,12-14H2,1-3H3/t15?,18?,19?,21?,23?,26-,27-,28-,29-/m0/s1. The number of carbonyl (C=O) groups excluding carboxylic acids is 3. The molecule has 9 heteroatoms. The van der Waals surface area contributed by atoms with Gasteiger partial charge in [0, 0.05) is 16.7 Å². The number of Topliss-reactive ketones (excluding diaryl/α,β-unsaturated/α-hetero) is 1. The van der Waals surface area contributed by atoms with E-state index in [1.807, 2.05) is 0 Å². The summed E-state index contributed by atoms with van der Waals surface area (Å²) in [6.07, 6.45) is -0.0437. The van der Waals surface area contributed by atoms with Crippen molar-refractivity contribution in [2.24, 2.45) is 28.6 Å². The maximum absolute atomic E-state index is 17.2. The molecule has 5 rings (SSSR count). The third kappa shape index (κ3) is 3.27. The largest absolute Gasteiger partial charge is 0.507 e. The lowest BCUT2D eigenvalue weighted by Gasteiger charge is -2.63. The van der Waals surface area contributed by atoms with Crippen LogP contribution in [0.25, 0.3) is 0 Å². The van der Waals surface area contributed by atoms with Crippen molar-refractivity contribution in [1.82, 2.24) is 0 Å². The summed E-state index contributed by atoms with van der Waals surface area (Å²) in [4.78, 5) is 37.9. The van der Waals surface area contributed by atoms with Gasteiger partial charge in [0.25, 0.3) is 0 Å². The number of fused-ring (bicyclic) bond motifs is 5. The lowest BCUT2D eigenvalue weighted by atomic mass is 9.44. The van der Waals surface area contributed by atoms with Crippen LogP contribution in [0.5, 0.6) is 5.75 Å². The Morgan fingerprint density at radius 2 is 1.84 bits per heavy atom. The number of ether oxygens (including phenoxy) is 1. The van der Waals surface area contributed by atoms with E-state index in [0.29, 0.717) is 0 Å². The first-order valence-corrected chi connectivity index (χ1v) is 12.9. The molecule has 1 aromatic rings. The zero-order valence-corrected chi connectivity index (χ0v) is 21.5. The number of alkyl halides is 2. The number of aliphatic hydroxyl groups excluding tert-OH is 1. The van der Waals surface area contributed by atoms with Crippen LogP contribution in [0.15, 0.2) is 48.1 Å². The zero-order chi connectivity index (χ0) is 27.8. The van der Waals surface area contributed by atoms with Gasteiger partial charge in [-0.1, -0.05) is 32.1 Å². The van der Waals surface area contributed by atoms with Crippen LogP contribution < -0.4 is 0 Å². The van der Waals surface area contributed by atoms with Crippen molar-refractivity contribution in [2.45, 2.75) is 63.6 Å². The van der Waals surface area contributed by atoms with Gasteiger partial charge in [-0.3, -0.25) is 9.59 Å². The molecule has 7 nitrogen and oxygen atoms in total. The van der Waals surface area contributed by atoms with Gasteiger partial charge in [0.05, 0.1) is 6.10 Å². The molecular weight excluding hydrogens is 498 g/mol. The Kier molecular flexibility index (Phi) is 6.00. The Hall–Kier alpha value is -2.91. The summed E-state index contributed by atoms with van der Waals surface area (Å²) in [7, 11) is 0. The van der Waals surface area contributed by atoms with Crippen LogP contribution in [0.4, 0.5) is 8.78 Å². The molecule has 0 amide bonds. The minimum atomic E-state index is -2.33. The highest BCUT2D eigenvalue weighted by Gasteiger charge is 2.76. The number of ketones is 2. The first-order chi connectivity index (χ1) is 17.7. The average molecular weight is 531 g/mol. The topological polar surface area (TPSA) is 121 Å². The number of aliphatic hydroxyl groups is 2. The molecule has 0 radical (unpaired) electrons. The molecule has 0 saturated heterocycles. The molecular formula is C29H32F2O7. The Bertz CT molecular complexity index is 1280. The summed E-state index contributed by atoms with van der Waals surface area (Å²) in [5, 5.41) is 33.2. The van der Waals surface area contributed by atoms with Crippen molar-refractivity contribution in [1.29, 1.82) is 0 Å². The number of esters is 1. The molecule has 9 atom stereocenters. The summed E-state index contributed by atoms with van der Waals surface area (Å²) in [6.45, 7) is 3.94. The number of benzene rings is 1. The number of hydrogen-bond donors (Lipinski definition) is 3. The minimum Gasteiger partial charge on any atom is -0.507 e. The van der Waals surface area contributed by atoms with Gasteiger partial charge in [-0.25, -0.2) is 13.6 Å². The van der Waals surface area contributed by atoms with Gasteiger partial charge >= 0.3 is 5.97 Å². The summed E-state index contributed by atoms with van der Waals surface area (Å²) in [5.41, 5.74) is -7.45. The van der Waals surface area contributed by atoms with Gasteiger partial charge in [-0.05, 0) is 67.9 Å². The van der Waals surface area contributed by atoms with Gasteiger partial charge in [0.15, 0.2) is 18.1 Å². The van der Waals surface area contributed by atoms with Crippen LogP contribution in [0.1, 0.15) is 50.4 Å². The second kappa shape index (κ2) is 8.55. The van der Waals surface area contributed by atoms with Crippen molar-refractivity contribution < 1.29 is 43.2 Å². The number of rotatable bonds is 4. The van der Waals surface area contributed by atoms with E-state index in [1.165, 1.54) is 43.3 Å². The lowest BCUT2D eigenvalue weighted by molar-refractivity contribution is -0.223. The molecule has 4 aliphatic carbocycles. The highest BCUT2D eigenvalue weighted by Crippen LogP contribution is 2.71. The predicted molar refractivity (Wildman–Crippen MR) is 132 cm³/mol. The van der Waals surface area contributed by atoms with Gasteiger partial charge in [0.2, 0.25) is 5.78 Å². The van der Waals surface area contributed by atoms with E-state index in [4.69, 9.17) is 4.74 Å². The predicted octanol–water partition coefficient (Wildman–Crippen LogP) is 3.41. The van der Waals surface area contributed by atoms with Crippen molar-refractivity contribution in [3.8, 4) is 5.75 Å². The molecule has 204 valence electrons. The van der Waals surface area contributed by atoms with Crippen LogP contribution in [0, 0.1) is 28.6 Å². The fourth-order valence-electron chi connectivity index (χ4n) is 8.10. The van der Waals surface area contributed by atoms with Gasteiger partial charge in [-0.15, -0.1) is 0 Å². The number of phenols is 1. The van der Waals surface area contributed by atoms with Gasteiger partial charge in [0.1, 0.15) is 23.1 Å². The molecule has 3 saturated carbocycles. The van der Waals surface area contributed by atoms with E-state index in [2.05, 4.69) is 0 Å². The minimum absolute atomic E-state index is 0.000126. The highest BCUT2D eigenvalue weighted by atomic mass is 19.1. The molecule has 5 unspecified atom stereocenters. The van der Waals surface area contributed by atoms with Crippen molar-refractivity contribution in [3.63, 3.8) is 0 Å². The van der Waals surface area contributed by atoms with E-state index in [0.717, 1.165) is 6.08 Å². The number of halogens is 2. The van der Waals surface area contributed by atoms with Gasteiger partial charge < -0.3 is 20.1 Å². The van der Waals surface area contributed by atoms with E-state index in [9.17, 15) is 29.7 Å². The van der Waals surface area contributed by atoms with Crippen LogP contribution in [0.3, 0.4) is 0 Å². The molecule has 0 spiro atoms. The Morgan fingerprint density at radius 1 is 1.16 bits per heavy atom. The van der Waals surface area contributed by atoms with Crippen molar-refractivity contribution in [3.05, 3.63) is 53.6 Å². The first kappa shape index (κ1) is 26.7. The number of allylic oxidation sites excluding steroid dienone is 4. The second-order valence-electron chi connectivity index (χ2n) is 11.8. The Balaban J connectivity index is 1.46. The lowest BCUT2D eigenvalue weighted by Crippen LogP contribution is -2.70. The van der Waals surface area contributed by atoms with E-state index < -0.39 is 76.3 Å². The van der Waals surface area contributed by atoms with Crippen molar-refractivity contribution >= 4 is 17.5 Å². The summed E-state index contributed by atoms with van der Waals surface area (Å²) in [6, 6.07) is 5.67. The van der Waals surface area contributed by atoms with Crippen LogP contribution in [-0.4, -0.2) is 63.0 Å². The maximum Gasteiger partial charge on any atom is 0.342 e. The third-order valence-electron chi connectivity index (χ3n) is 10.1. The number of carbonyl (C=O) groups is 3. The zero-order valence-electron chi connectivity index (χ0n) is 21.5. The van der Waals surface area contributed by atoms with E-state index >= 15 is 8.78 Å².